The Balaban J connectivity index is 3.10. The Kier molecular flexibility index (Phi) is 2.65. The number of nitriles is 1. The Bertz CT molecular complexity index is 379. The number of nitrogens with zero attached hydrogens (tertiary/aromatic N) is 1. The highest BCUT2D eigenvalue weighted by molar-refractivity contribution is 5.48. The van der Waals surface area contributed by atoms with Gasteiger partial charge in [-0.1, -0.05) is 12.1 Å². The van der Waals surface area contributed by atoms with E-state index in [4.69, 9.17) is 5.26 Å². The van der Waals surface area contributed by atoms with Gasteiger partial charge < -0.3 is 4.74 Å². The number of hydrogen-bond acceptors (Lipinski definition) is 2. The van der Waals surface area contributed by atoms with Crippen molar-refractivity contribution < 1.29 is 17.9 Å². The molecular weight excluding hydrogens is 195 g/mol. The molecule has 0 fully saturated rings. The molecule has 14 heavy (non-hydrogen) atoms. The maximum Gasteiger partial charge on any atom is 0.573 e. The first-order chi connectivity index (χ1) is 6.44. The second kappa shape index (κ2) is 3.58. The first-order valence-electron chi connectivity index (χ1n) is 3.69. The molecule has 1 aromatic carbocycles. The summed E-state index contributed by atoms with van der Waals surface area (Å²) in [5, 5.41) is 8.60. The third kappa shape index (κ3) is 2.39. The van der Waals surface area contributed by atoms with Crippen molar-refractivity contribution in [3.63, 3.8) is 0 Å². The van der Waals surface area contributed by atoms with E-state index in [9.17, 15) is 13.2 Å². The van der Waals surface area contributed by atoms with Crippen LogP contribution in [0.3, 0.4) is 0 Å². The summed E-state index contributed by atoms with van der Waals surface area (Å²) in [6, 6.07) is 5.72. The van der Waals surface area contributed by atoms with E-state index >= 15 is 0 Å². The van der Waals surface area contributed by atoms with Crippen LogP contribution in [0.4, 0.5) is 13.2 Å². The number of benzene rings is 1. The highest BCUT2D eigenvalue weighted by Crippen LogP contribution is 2.27. The molecule has 0 aromatic heterocycles. The van der Waals surface area contributed by atoms with Crippen molar-refractivity contribution in [2.24, 2.45) is 0 Å². The summed E-state index contributed by atoms with van der Waals surface area (Å²) >= 11 is 0. The molecule has 0 aliphatic heterocycles. The first-order valence-corrected chi connectivity index (χ1v) is 3.69. The summed E-state index contributed by atoms with van der Waals surface area (Å²) in [7, 11) is 0. The molecule has 0 saturated carbocycles. The van der Waals surface area contributed by atoms with Crippen molar-refractivity contribution in [3.8, 4) is 11.8 Å². The third-order valence-electron chi connectivity index (χ3n) is 1.57. The zero-order chi connectivity index (χ0) is 10.8. The van der Waals surface area contributed by atoms with Crippen LogP contribution in [-0.2, 0) is 0 Å². The Morgan fingerprint density at radius 1 is 1.36 bits per heavy atom. The summed E-state index contributed by atoms with van der Waals surface area (Å²) in [5.74, 6) is -0.458. The molecule has 0 aliphatic rings. The predicted octanol–water partition coefficient (Wildman–Crippen LogP) is 2.77. The molecule has 1 aromatic rings. The second-order valence-corrected chi connectivity index (χ2v) is 2.61. The normalized spacial score (nSPS) is 10.8. The van der Waals surface area contributed by atoms with Crippen molar-refractivity contribution in [2.45, 2.75) is 13.3 Å². The molecule has 0 bridgehead atoms. The van der Waals surface area contributed by atoms with Gasteiger partial charge in [-0.25, -0.2) is 0 Å². The van der Waals surface area contributed by atoms with Crippen LogP contribution in [0.25, 0.3) is 0 Å². The molecule has 0 amide bonds. The largest absolute Gasteiger partial charge is 0.573 e. The smallest absolute Gasteiger partial charge is 0.404 e. The molecule has 1 rings (SSSR count). The van der Waals surface area contributed by atoms with Crippen LogP contribution in [0.5, 0.6) is 5.75 Å². The molecule has 0 N–H and O–H groups in total. The number of aryl methyl sites for hydroxylation is 1. The lowest BCUT2D eigenvalue weighted by molar-refractivity contribution is -0.274. The molecule has 74 valence electrons. The maximum atomic E-state index is 11.9. The molecule has 5 heteroatoms. The van der Waals surface area contributed by atoms with Gasteiger partial charge in [0, 0.05) is 0 Å². The van der Waals surface area contributed by atoms with Crippen molar-refractivity contribution >= 4 is 0 Å². The summed E-state index contributed by atoms with van der Waals surface area (Å²) in [4.78, 5) is 0. The molecule has 0 aliphatic carbocycles. The summed E-state index contributed by atoms with van der Waals surface area (Å²) in [6.07, 6.45) is -4.76. The molecule has 0 heterocycles. The van der Waals surface area contributed by atoms with Gasteiger partial charge in [-0.15, -0.1) is 13.2 Å². The SMILES string of the molecule is Cc1cccc(OC(F)(F)F)c1C#N. The summed E-state index contributed by atoms with van der Waals surface area (Å²) in [5.41, 5.74) is 0.360. The average Bonchev–Trinajstić information content (AvgIpc) is 2.01. The van der Waals surface area contributed by atoms with E-state index in [-0.39, 0.29) is 5.56 Å². The Hall–Kier alpha value is -1.70. The monoisotopic (exact) mass is 201 g/mol. The van der Waals surface area contributed by atoms with Gasteiger partial charge in [0.25, 0.3) is 0 Å². The lowest BCUT2D eigenvalue weighted by Crippen LogP contribution is -2.18. The van der Waals surface area contributed by atoms with E-state index in [0.29, 0.717) is 5.56 Å². The van der Waals surface area contributed by atoms with Gasteiger partial charge in [-0.2, -0.15) is 5.26 Å². The number of halogens is 3. The molecule has 0 spiro atoms. The van der Waals surface area contributed by atoms with Gasteiger partial charge in [0.2, 0.25) is 0 Å². The minimum Gasteiger partial charge on any atom is -0.404 e. The van der Waals surface area contributed by atoms with Crippen molar-refractivity contribution in [1.82, 2.24) is 0 Å². The quantitative estimate of drug-likeness (QED) is 0.699. The number of hydrogen-bond donors (Lipinski definition) is 0. The highest BCUT2D eigenvalue weighted by Gasteiger charge is 2.32. The minimum absolute atomic E-state index is 0.0928. The maximum absolute atomic E-state index is 11.9. The highest BCUT2D eigenvalue weighted by atomic mass is 19.4. The Morgan fingerprint density at radius 3 is 2.50 bits per heavy atom. The van der Waals surface area contributed by atoms with Gasteiger partial charge >= 0.3 is 6.36 Å². The number of alkyl halides is 3. The number of rotatable bonds is 1. The van der Waals surface area contributed by atoms with Crippen LogP contribution < -0.4 is 4.74 Å². The predicted molar refractivity (Wildman–Crippen MR) is 42.6 cm³/mol. The van der Waals surface area contributed by atoms with Crippen LogP contribution in [0.15, 0.2) is 18.2 Å². The molecule has 0 radical (unpaired) electrons. The van der Waals surface area contributed by atoms with Gasteiger partial charge in [0.05, 0.1) is 5.56 Å². The van der Waals surface area contributed by atoms with E-state index in [2.05, 4.69) is 4.74 Å². The van der Waals surface area contributed by atoms with Crippen molar-refractivity contribution in [3.05, 3.63) is 29.3 Å². The zero-order valence-electron chi connectivity index (χ0n) is 7.22. The van der Waals surface area contributed by atoms with Crippen LogP contribution in [0.2, 0.25) is 0 Å². The standard InChI is InChI=1S/C9H6F3NO/c1-6-3-2-4-8(7(6)5-13)14-9(10,11)12/h2-4H,1H3. The van der Waals surface area contributed by atoms with E-state index in [1.165, 1.54) is 6.07 Å². The Morgan fingerprint density at radius 2 is 2.00 bits per heavy atom. The van der Waals surface area contributed by atoms with Crippen LogP contribution in [0.1, 0.15) is 11.1 Å². The van der Waals surface area contributed by atoms with Gasteiger partial charge in [0.15, 0.2) is 0 Å². The number of ether oxygens (including phenoxy) is 1. The van der Waals surface area contributed by atoms with Crippen LogP contribution in [0, 0.1) is 18.3 Å². The van der Waals surface area contributed by atoms with E-state index < -0.39 is 12.1 Å². The second-order valence-electron chi connectivity index (χ2n) is 2.61. The lowest BCUT2D eigenvalue weighted by Gasteiger charge is -2.10. The first kappa shape index (κ1) is 10.4. The zero-order valence-corrected chi connectivity index (χ0v) is 7.22. The molecule has 0 saturated heterocycles. The van der Waals surface area contributed by atoms with Gasteiger partial charge in [-0.05, 0) is 18.6 Å². The lowest BCUT2D eigenvalue weighted by atomic mass is 10.1. The van der Waals surface area contributed by atoms with Gasteiger partial charge in [-0.3, -0.25) is 0 Å². The van der Waals surface area contributed by atoms with Crippen LogP contribution in [-0.4, -0.2) is 6.36 Å². The fourth-order valence-electron chi connectivity index (χ4n) is 0.994. The fraction of sp³-hybridized carbons (Fsp3) is 0.222. The Labute approximate surface area is 78.5 Å². The fourth-order valence-corrected chi connectivity index (χ4v) is 0.994. The van der Waals surface area contributed by atoms with E-state index in [1.54, 1.807) is 19.1 Å². The molecular formula is C9H6F3NO. The topological polar surface area (TPSA) is 33.0 Å². The van der Waals surface area contributed by atoms with E-state index in [1.807, 2.05) is 0 Å². The average molecular weight is 201 g/mol. The van der Waals surface area contributed by atoms with Crippen LogP contribution >= 0.6 is 0 Å². The summed E-state index contributed by atoms with van der Waals surface area (Å²) in [6.45, 7) is 1.54. The molecule has 0 unspecified atom stereocenters. The summed E-state index contributed by atoms with van der Waals surface area (Å²) < 4.78 is 39.3. The third-order valence-corrected chi connectivity index (χ3v) is 1.57. The van der Waals surface area contributed by atoms with Crippen molar-refractivity contribution in [2.75, 3.05) is 0 Å². The van der Waals surface area contributed by atoms with Gasteiger partial charge in [0.1, 0.15) is 11.8 Å². The minimum atomic E-state index is -4.76. The van der Waals surface area contributed by atoms with E-state index in [0.717, 1.165) is 6.07 Å². The molecule has 0 atom stereocenters. The molecule has 2 nitrogen and oxygen atoms in total. The van der Waals surface area contributed by atoms with Crippen molar-refractivity contribution in [1.29, 1.82) is 5.26 Å².